The van der Waals surface area contributed by atoms with Gasteiger partial charge in [-0.25, -0.2) is 4.79 Å². The quantitative estimate of drug-likeness (QED) is 0.158. The fraction of sp³-hybridized carbons (Fsp3) is 0.500. The van der Waals surface area contributed by atoms with Crippen molar-refractivity contribution in [2.45, 2.75) is 44.8 Å². The van der Waals surface area contributed by atoms with Gasteiger partial charge in [0.15, 0.2) is 0 Å². The fourth-order valence-corrected chi connectivity index (χ4v) is 1.51. The molecule has 0 amide bonds. The molecule has 0 saturated carbocycles. The number of ether oxygens (including phenoxy) is 2. The van der Waals surface area contributed by atoms with Crippen molar-refractivity contribution in [1.82, 2.24) is 0 Å². The maximum absolute atomic E-state index is 10.8. The minimum Gasteiger partial charge on any atom is -0.466 e. The highest BCUT2D eigenvalue weighted by Gasteiger charge is 1.99. The number of unbranched alkanes of at least 4 members (excludes halogenated alkanes) is 1. The Kier molecular flexibility index (Phi) is 11.9. The van der Waals surface area contributed by atoms with Crippen LogP contribution in [0, 0.1) is 0 Å². The number of carbonyl (C=O) groups excluding carboxylic acids is 2. The number of hydrogen-bond donors (Lipinski definition) is 1. The fourth-order valence-electron chi connectivity index (χ4n) is 1.51. The Hall–Kier alpha value is -1.88. The second kappa shape index (κ2) is 13.1. The maximum atomic E-state index is 10.8. The molecule has 5 heteroatoms. The van der Waals surface area contributed by atoms with E-state index in [-0.39, 0.29) is 6.10 Å². The van der Waals surface area contributed by atoms with Crippen LogP contribution in [-0.4, -0.2) is 36.9 Å². The van der Waals surface area contributed by atoms with Crippen LogP contribution in [0.1, 0.15) is 32.6 Å². The zero-order chi connectivity index (χ0) is 15.9. The summed E-state index contributed by atoms with van der Waals surface area (Å²) in [5.74, 6) is -0.429. The van der Waals surface area contributed by atoms with Crippen LogP contribution in [-0.2, 0) is 19.1 Å². The SMILES string of the molecule is COC(=O)C=CC=CC(O)CC=CCCCC(C)OC=O. The van der Waals surface area contributed by atoms with E-state index in [9.17, 15) is 14.7 Å². The van der Waals surface area contributed by atoms with E-state index in [1.165, 1.54) is 19.3 Å². The van der Waals surface area contributed by atoms with Crippen LogP contribution in [0.15, 0.2) is 36.5 Å². The first-order chi connectivity index (χ1) is 10.1. The number of rotatable bonds is 11. The van der Waals surface area contributed by atoms with Gasteiger partial charge in [-0.1, -0.05) is 30.4 Å². The Morgan fingerprint density at radius 1 is 1.29 bits per heavy atom. The predicted molar refractivity (Wildman–Crippen MR) is 80.5 cm³/mol. The Bertz CT molecular complexity index is 371. The Labute approximate surface area is 125 Å². The van der Waals surface area contributed by atoms with Gasteiger partial charge in [0.05, 0.1) is 19.3 Å². The average molecular weight is 296 g/mol. The van der Waals surface area contributed by atoms with Crippen LogP contribution in [0.25, 0.3) is 0 Å². The Balaban J connectivity index is 3.72. The number of hydrogen-bond acceptors (Lipinski definition) is 5. The summed E-state index contributed by atoms with van der Waals surface area (Å²) < 4.78 is 9.20. The summed E-state index contributed by atoms with van der Waals surface area (Å²) in [6, 6.07) is 0. The van der Waals surface area contributed by atoms with E-state index < -0.39 is 12.1 Å². The van der Waals surface area contributed by atoms with Gasteiger partial charge in [-0.3, -0.25) is 4.79 Å². The zero-order valence-electron chi connectivity index (χ0n) is 12.6. The topological polar surface area (TPSA) is 72.8 Å². The molecule has 0 radical (unpaired) electrons. The van der Waals surface area contributed by atoms with Crippen molar-refractivity contribution >= 4 is 12.4 Å². The lowest BCUT2D eigenvalue weighted by molar-refractivity contribution is -0.135. The van der Waals surface area contributed by atoms with Gasteiger partial charge in [-0.05, 0) is 32.6 Å². The van der Waals surface area contributed by atoms with E-state index >= 15 is 0 Å². The minimum atomic E-state index is -0.583. The number of carbonyl (C=O) groups is 2. The van der Waals surface area contributed by atoms with E-state index in [1.807, 2.05) is 19.1 Å². The molecule has 0 rings (SSSR count). The molecular formula is C16H24O5. The summed E-state index contributed by atoms with van der Waals surface area (Å²) in [6.07, 6.45) is 12.4. The van der Waals surface area contributed by atoms with Crippen molar-refractivity contribution in [3.63, 3.8) is 0 Å². The average Bonchev–Trinajstić information content (AvgIpc) is 2.47. The number of aliphatic hydroxyl groups excluding tert-OH is 1. The maximum Gasteiger partial charge on any atom is 0.330 e. The second-order valence-corrected chi connectivity index (χ2v) is 4.52. The highest BCUT2D eigenvalue weighted by Crippen LogP contribution is 2.05. The van der Waals surface area contributed by atoms with Gasteiger partial charge >= 0.3 is 5.97 Å². The molecule has 0 bridgehead atoms. The molecule has 5 nitrogen and oxygen atoms in total. The standard InChI is InChI=1S/C16H24O5/c1-14(21-13-17)9-5-3-4-6-10-15(18)11-7-8-12-16(19)20-2/h4,6-8,11-15,18H,3,5,9-10H2,1-2H3. The first kappa shape index (κ1) is 19.1. The summed E-state index contributed by atoms with van der Waals surface area (Å²) >= 11 is 0. The number of aliphatic hydroxyl groups is 1. The highest BCUT2D eigenvalue weighted by molar-refractivity contribution is 5.82. The van der Waals surface area contributed by atoms with Crippen molar-refractivity contribution in [1.29, 1.82) is 0 Å². The molecule has 0 saturated heterocycles. The monoisotopic (exact) mass is 296 g/mol. The number of methoxy groups -OCH3 is 1. The van der Waals surface area contributed by atoms with Crippen molar-refractivity contribution in [3.8, 4) is 0 Å². The van der Waals surface area contributed by atoms with Crippen molar-refractivity contribution in [2.75, 3.05) is 7.11 Å². The molecular weight excluding hydrogens is 272 g/mol. The minimum absolute atomic E-state index is 0.0500. The third-order valence-corrected chi connectivity index (χ3v) is 2.69. The van der Waals surface area contributed by atoms with E-state index in [0.29, 0.717) is 12.9 Å². The molecule has 0 aromatic heterocycles. The highest BCUT2D eigenvalue weighted by atomic mass is 16.5. The van der Waals surface area contributed by atoms with E-state index in [0.717, 1.165) is 19.3 Å². The molecule has 0 heterocycles. The van der Waals surface area contributed by atoms with Gasteiger partial charge < -0.3 is 14.6 Å². The summed E-state index contributed by atoms with van der Waals surface area (Å²) in [5, 5.41) is 9.64. The third-order valence-electron chi connectivity index (χ3n) is 2.69. The number of allylic oxidation sites excluding steroid dienone is 3. The van der Waals surface area contributed by atoms with Crippen molar-refractivity contribution in [2.24, 2.45) is 0 Å². The lowest BCUT2D eigenvalue weighted by Crippen LogP contribution is -2.05. The van der Waals surface area contributed by atoms with Crippen LogP contribution < -0.4 is 0 Å². The second-order valence-electron chi connectivity index (χ2n) is 4.52. The summed E-state index contributed by atoms with van der Waals surface area (Å²) in [7, 11) is 1.31. The summed E-state index contributed by atoms with van der Waals surface area (Å²) in [4.78, 5) is 20.9. The van der Waals surface area contributed by atoms with Gasteiger partial charge in [-0.15, -0.1) is 0 Å². The largest absolute Gasteiger partial charge is 0.466 e. The molecule has 1 N–H and O–H groups in total. The van der Waals surface area contributed by atoms with Gasteiger partial charge in [0.2, 0.25) is 0 Å². The Morgan fingerprint density at radius 3 is 2.71 bits per heavy atom. The van der Waals surface area contributed by atoms with E-state index in [4.69, 9.17) is 4.74 Å². The summed E-state index contributed by atoms with van der Waals surface area (Å²) in [6.45, 7) is 2.33. The first-order valence-electron chi connectivity index (χ1n) is 6.95. The molecule has 118 valence electrons. The molecule has 0 spiro atoms. The van der Waals surface area contributed by atoms with E-state index in [1.54, 1.807) is 12.2 Å². The van der Waals surface area contributed by atoms with Crippen LogP contribution in [0.2, 0.25) is 0 Å². The number of esters is 1. The van der Waals surface area contributed by atoms with Gasteiger partial charge in [-0.2, -0.15) is 0 Å². The van der Waals surface area contributed by atoms with Crippen LogP contribution in [0.3, 0.4) is 0 Å². The first-order valence-corrected chi connectivity index (χ1v) is 6.95. The van der Waals surface area contributed by atoms with Crippen LogP contribution in [0.5, 0.6) is 0 Å². The van der Waals surface area contributed by atoms with Crippen LogP contribution >= 0.6 is 0 Å². The smallest absolute Gasteiger partial charge is 0.330 e. The predicted octanol–water partition coefficient (Wildman–Crippen LogP) is 2.31. The van der Waals surface area contributed by atoms with Gasteiger partial charge in [0.1, 0.15) is 0 Å². The van der Waals surface area contributed by atoms with Crippen molar-refractivity contribution in [3.05, 3.63) is 36.5 Å². The van der Waals surface area contributed by atoms with E-state index in [2.05, 4.69) is 4.74 Å². The van der Waals surface area contributed by atoms with Gasteiger partial charge in [0.25, 0.3) is 6.47 Å². The zero-order valence-corrected chi connectivity index (χ0v) is 12.6. The molecule has 0 fully saturated rings. The normalized spacial score (nSPS) is 14.6. The lowest BCUT2D eigenvalue weighted by atomic mass is 10.1. The molecule has 21 heavy (non-hydrogen) atoms. The molecule has 0 aromatic rings. The van der Waals surface area contributed by atoms with Gasteiger partial charge in [0, 0.05) is 6.08 Å². The van der Waals surface area contributed by atoms with Crippen molar-refractivity contribution < 1.29 is 24.2 Å². The third kappa shape index (κ3) is 12.9. The Morgan fingerprint density at radius 2 is 2.05 bits per heavy atom. The molecule has 0 aliphatic heterocycles. The molecule has 2 unspecified atom stereocenters. The van der Waals surface area contributed by atoms with Crippen LogP contribution in [0.4, 0.5) is 0 Å². The molecule has 0 aliphatic carbocycles. The summed E-state index contributed by atoms with van der Waals surface area (Å²) in [5.41, 5.74) is 0. The molecule has 0 aromatic carbocycles. The lowest BCUT2D eigenvalue weighted by Gasteiger charge is -2.07. The molecule has 0 aliphatic rings. The molecule has 2 atom stereocenters.